The van der Waals surface area contributed by atoms with Crippen LogP contribution in [0.15, 0.2) is 28.7 Å². The third-order valence-corrected chi connectivity index (χ3v) is 3.54. The lowest BCUT2D eigenvalue weighted by Gasteiger charge is -2.28. The minimum atomic E-state index is -0.0185. The molecule has 0 saturated carbocycles. The van der Waals surface area contributed by atoms with Crippen molar-refractivity contribution in [3.8, 4) is 0 Å². The van der Waals surface area contributed by atoms with Crippen molar-refractivity contribution in [1.29, 1.82) is 0 Å². The molecular formula is C14H21BrN2O. The van der Waals surface area contributed by atoms with E-state index in [1.165, 1.54) is 0 Å². The highest BCUT2D eigenvalue weighted by atomic mass is 79.9. The maximum atomic E-state index is 12.0. The minimum absolute atomic E-state index is 0.0185. The smallest absolute Gasteiger partial charge is 0.251 e. The van der Waals surface area contributed by atoms with Crippen LogP contribution in [0.4, 0.5) is 0 Å². The first kappa shape index (κ1) is 15.2. The second-order valence-corrected chi connectivity index (χ2v) is 5.91. The van der Waals surface area contributed by atoms with Crippen LogP contribution >= 0.6 is 15.9 Å². The van der Waals surface area contributed by atoms with E-state index in [0.29, 0.717) is 24.1 Å². The number of nitrogens with zero attached hydrogens (tertiary/aromatic N) is 1. The summed E-state index contributed by atoms with van der Waals surface area (Å²) in [6, 6.07) is 7.74. The molecule has 0 aliphatic heterocycles. The van der Waals surface area contributed by atoms with E-state index in [4.69, 9.17) is 0 Å². The number of rotatable bonds is 5. The Morgan fingerprint density at radius 2 is 1.83 bits per heavy atom. The van der Waals surface area contributed by atoms with Crippen molar-refractivity contribution >= 4 is 21.8 Å². The molecule has 0 bridgehead atoms. The molecule has 1 aromatic rings. The van der Waals surface area contributed by atoms with Crippen molar-refractivity contribution in [2.45, 2.75) is 19.9 Å². The highest BCUT2D eigenvalue weighted by Gasteiger charge is 2.16. The number of carbonyl (C=O) groups is 1. The van der Waals surface area contributed by atoms with Gasteiger partial charge in [-0.05, 0) is 44.3 Å². The normalized spacial score (nSPS) is 12.8. The summed E-state index contributed by atoms with van der Waals surface area (Å²) in [6.45, 7) is 4.99. The molecule has 18 heavy (non-hydrogen) atoms. The van der Waals surface area contributed by atoms with Crippen molar-refractivity contribution in [3.63, 3.8) is 0 Å². The SMILES string of the molecule is CC(C)C(CNC(=O)c1ccc(Br)cc1)N(C)C. The molecule has 0 aliphatic carbocycles. The molecule has 1 atom stereocenters. The van der Waals surface area contributed by atoms with Crippen molar-refractivity contribution in [2.75, 3.05) is 20.6 Å². The molecule has 0 fully saturated rings. The van der Waals surface area contributed by atoms with Gasteiger partial charge in [0.1, 0.15) is 0 Å². The van der Waals surface area contributed by atoms with E-state index in [1.54, 1.807) is 0 Å². The average molecular weight is 313 g/mol. The Hall–Kier alpha value is -0.870. The number of hydrogen-bond acceptors (Lipinski definition) is 2. The number of hydrogen-bond donors (Lipinski definition) is 1. The van der Waals surface area contributed by atoms with Gasteiger partial charge in [-0.15, -0.1) is 0 Å². The van der Waals surface area contributed by atoms with E-state index in [1.807, 2.05) is 38.4 Å². The quantitative estimate of drug-likeness (QED) is 0.906. The molecule has 1 aromatic carbocycles. The zero-order chi connectivity index (χ0) is 13.7. The Morgan fingerprint density at radius 3 is 2.28 bits per heavy atom. The zero-order valence-electron chi connectivity index (χ0n) is 11.4. The summed E-state index contributed by atoms with van der Waals surface area (Å²) in [4.78, 5) is 14.1. The maximum absolute atomic E-state index is 12.0. The molecule has 100 valence electrons. The number of carbonyl (C=O) groups excluding carboxylic acids is 1. The second kappa shape index (κ2) is 6.90. The fraction of sp³-hybridized carbons (Fsp3) is 0.500. The predicted octanol–water partition coefficient (Wildman–Crippen LogP) is 2.77. The van der Waals surface area contributed by atoms with E-state index in [0.717, 1.165) is 4.47 Å². The molecule has 1 unspecified atom stereocenters. The lowest BCUT2D eigenvalue weighted by atomic mass is 10.0. The van der Waals surface area contributed by atoms with E-state index < -0.39 is 0 Å². The summed E-state index contributed by atoms with van der Waals surface area (Å²) in [5.74, 6) is 0.486. The monoisotopic (exact) mass is 312 g/mol. The van der Waals surface area contributed by atoms with Crippen molar-refractivity contribution in [3.05, 3.63) is 34.3 Å². The summed E-state index contributed by atoms with van der Waals surface area (Å²) in [5.41, 5.74) is 0.694. The predicted molar refractivity (Wildman–Crippen MR) is 78.8 cm³/mol. The van der Waals surface area contributed by atoms with Crippen LogP contribution in [0.1, 0.15) is 24.2 Å². The first-order valence-corrected chi connectivity index (χ1v) is 6.91. The van der Waals surface area contributed by atoms with Crippen molar-refractivity contribution in [2.24, 2.45) is 5.92 Å². The van der Waals surface area contributed by atoms with Crippen LogP contribution < -0.4 is 5.32 Å². The highest BCUT2D eigenvalue weighted by Crippen LogP contribution is 2.11. The lowest BCUT2D eigenvalue weighted by Crippen LogP contribution is -2.43. The number of halogens is 1. The molecule has 0 aliphatic rings. The highest BCUT2D eigenvalue weighted by molar-refractivity contribution is 9.10. The van der Waals surface area contributed by atoms with Gasteiger partial charge >= 0.3 is 0 Å². The molecule has 3 nitrogen and oxygen atoms in total. The molecule has 0 heterocycles. The van der Waals surface area contributed by atoms with Crippen molar-refractivity contribution in [1.82, 2.24) is 10.2 Å². The summed E-state index contributed by atoms with van der Waals surface area (Å²) < 4.78 is 0.979. The standard InChI is InChI=1S/C14H21BrN2O/c1-10(2)13(17(3)4)9-16-14(18)11-5-7-12(15)8-6-11/h5-8,10,13H,9H2,1-4H3,(H,16,18). The van der Waals surface area contributed by atoms with Gasteiger partial charge in [0, 0.05) is 22.6 Å². The molecule has 4 heteroatoms. The van der Waals surface area contributed by atoms with Gasteiger partial charge in [0.15, 0.2) is 0 Å². The number of likely N-dealkylation sites (N-methyl/N-ethyl adjacent to an activating group) is 1. The molecule has 0 saturated heterocycles. The Morgan fingerprint density at radius 1 is 1.28 bits per heavy atom. The molecule has 0 spiro atoms. The van der Waals surface area contributed by atoms with E-state index in [2.05, 4.69) is 40.0 Å². The number of nitrogens with one attached hydrogen (secondary N) is 1. The Kier molecular flexibility index (Phi) is 5.82. The summed E-state index contributed by atoms with van der Waals surface area (Å²) in [7, 11) is 4.08. The summed E-state index contributed by atoms with van der Waals surface area (Å²) in [5, 5.41) is 2.99. The fourth-order valence-electron chi connectivity index (χ4n) is 1.92. The third kappa shape index (κ3) is 4.42. The molecular weight excluding hydrogens is 292 g/mol. The molecule has 1 amide bonds. The molecule has 0 radical (unpaired) electrons. The van der Waals surface area contributed by atoms with Crippen LogP contribution in [0.3, 0.4) is 0 Å². The lowest BCUT2D eigenvalue weighted by molar-refractivity contribution is 0.0934. The number of amides is 1. The van der Waals surface area contributed by atoms with E-state index >= 15 is 0 Å². The average Bonchev–Trinajstić information content (AvgIpc) is 2.28. The van der Waals surface area contributed by atoms with E-state index in [-0.39, 0.29) is 5.91 Å². The van der Waals surface area contributed by atoms with Crippen LogP contribution in [-0.2, 0) is 0 Å². The van der Waals surface area contributed by atoms with Crippen LogP contribution in [0, 0.1) is 5.92 Å². The third-order valence-electron chi connectivity index (χ3n) is 3.01. The van der Waals surface area contributed by atoms with Crippen LogP contribution in [0.25, 0.3) is 0 Å². The first-order chi connectivity index (χ1) is 8.41. The number of benzene rings is 1. The van der Waals surface area contributed by atoms with Crippen LogP contribution in [-0.4, -0.2) is 37.5 Å². The maximum Gasteiger partial charge on any atom is 0.251 e. The largest absolute Gasteiger partial charge is 0.350 e. The van der Waals surface area contributed by atoms with E-state index in [9.17, 15) is 4.79 Å². The van der Waals surface area contributed by atoms with Crippen LogP contribution in [0.5, 0.6) is 0 Å². The van der Waals surface area contributed by atoms with Gasteiger partial charge in [-0.25, -0.2) is 0 Å². The molecule has 1 N–H and O–H groups in total. The van der Waals surface area contributed by atoms with Gasteiger partial charge in [-0.1, -0.05) is 29.8 Å². The zero-order valence-corrected chi connectivity index (χ0v) is 13.0. The van der Waals surface area contributed by atoms with Gasteiger partial charge in [0.05, 0.1) is 0 Å². The summed E-state index contributed by atoms with van der Waals surface area (Å²) in [6.07, 6.45) is 0. The Balaban J connectivity index is 2.57. The van der Waals surface area contributed by atoms with Crippen molar-refractivity contribution < 1.29 is 4.79 Å². The summed E-state index contributed by atoms with van der Waals surface area (Å²) >= 11 is 3.36. The topological polar surface area (TPSA) is 32.3 Å². The Bertz CT molecular complexity index is 379. The van der Waals surface area contributed by atoms with Gasteiger partial charge in [0.25, 0.3) is 5.91 Å². The fourth-order valence-corrected chi connectivity index (χ4v) is 2.18. The van der Waals surface area contributed by atoms with Gasteiger partial charge in [-0.2, -0.15) is 0 Å². The first-order valence-electron chi connectivity index (χ1n) is 6.12. The van der Waals surface area contributed by atoms with Gasteiger partial charge < -0.3 is 10.2 Å². The minimum Gasteiger partial charge on any atom is -0.350 e. The van der Waals surface area contributed by atoms with Gasteiger partial charge in [0.2, 0.25) is 0 Å². The van der Waals surface area contributed by atoms with Gasteiger partial charge in [-0.3, -0.25) is 4.79 Å². The second-order valence-electron chi connectivity index (χ2n) is 4.99. The Labute approximate surface area is 118 Å². The molecule has 0 aromatic heterocycles. The molecule has 1 rings (SSSR count). The van der Waals surface area contributed by atoms with Crippen LogP contribution in [0.2, 0.25) is 0 Å².